The Hall–Kier alpha value is -1.55. The molecule has 1 aromatic rings. The van der Waals surface area contributed by atoms with Crippen LogP contribution in [0.5, 0.6) is 5.75 Å². The molecule has 0 spiro atoms. The highest BCUT2D eigenvalue weighted by Crippen LogP contribution is 2.19. The summed E-state index contributed by atoms with van der Waals surface area (Å²) in [7, 11) is 2.15. The van der Waals surface area contributed by atoms with Crippen LogP contribution in [-0.4, -0.2) is 43.6 Å². The van der Waals surface area contributed by atoms with Crippen molar-refractivity contribution in [1.82, 2.24) is 10.2 Å². The number of hydrogen-bond donors (Lipinski definition) is 1. The van der Waals surface area contributed by atoms with E-state index < -0.39 is 0 Å². The minimum absolute atomic E-state index is 0.204. The molecular weight excluding hydrogens is 300 g/mol. The predicted molar refractivity (Wildman–Crippen MR) is 98.4 cm³/mol. The second-order valence-electron chi connectivity index (χ2n) is 7.21. The van der Waals surface area contributed by atoms with Gasteiger partial charge in [0.1, 0.15) is 5.75 Å². The van der Waals surface area contributed by atoms with Crippen molar-refractivity contribution >= 4 is 5.91 Å². The number of nitrogens with zero attached hydrogens (tertiary/aromatic N) is 1. The van der Waals surface area contributed by atoms with E-state index in [2.05, 4.69) is 29.4 Å². The summed E-state index contributed by atoms with van der Waals surface area (Å²) < 4.78 is 5.65. The first-order valence-electron chi connectivity index (χ1n) is 9.24. The van der Waals surface area contributed by atoms with Gasteiger partial charge in [-0.15, -0.1) is 0 Å². The number of aryl methyl sites for hydroxylation is 1. The molecule has 0 saturated carbocycles. The van der Waals surface area contributed by atoms with Crippen LogP contribution in [0.25, 0.3) is 0 Å². The quantitative estimate of drug-likeness (QED) is 0.743. The third-order valence-electron chi connectivity index (χ3n) is 4.57. The Morgan fingerprint density at radius 3 is 2.54 bits per heavy atom. The van der Waals surface area contributed by atoms with Crippen LogP contribution in [0.1, 0.15) is 45.1 Å². The van der Waals surface area contributed by atoms with Gasteiger partial charge in [0, 0.05) is 13.0 Å². The summed E-state index contributed by atoms with van der Waals surface area (Å²) in [5.41, 5.74) is 1.29. The average molecular weight is 332 g/mol. The van der Waals surface area contributed by atoms with Crippen molar-refractivity contribution in [3.63, 3.8) is 0 Å². The van der Waals surface area contributed by atoms with Crippen molar-refractivity contribution in [3.8, 4) is 5.75 Å². The Labute approximate surface area is 146 Å². The van der Waals surface area contributed by atoms with Crippen LogP contribution >= 0.6 is 0 Å². The van der Waals surface area contributed by atoms with Gasteiger partial charge in [-0.2, -0.15) is 0 Å². The Morgan fingerprint density at radius 1 is 1.25 bits per heavy atom. The maximum atomic E-state index is 12.0. The van der Waals surface area contributed by atoms with E-state index in [-0.39, 0.29) is 12.0 Å². The number of ether oxygens (including phenoxy) is 1. The third kappa shape index (κ3) is 6.91. The highest BCUT2D eigenvalue weighted by Gasteiger charge is 2.19. The Balaban J connectivity index is 1.59. The average Bonchev–Trinajstić information content (AvgIpc) is 2.55. The predicted octanol–water partition coefficient (Wildman–Crippen LogP) is 3.25. The van der Waals surface area contributed by atoms with Crippen LogP contribution in [0.15, 0.2) is 24.3 Å². The van der Waals surface area contributed by atoms with Gasteiger partial charge in [0.2, 0.25) is 5.91 Å². The monoisotopic (exact) mass is 332 g/mol. The molecule has 0 aromatic heterocycles. The molecule has 1 N–H and O–H groups in total. The van der Waals surface area contributed by atoms with Gasteiger partial charge in [0.05, 0.1) is 6.10 Å². The number of amides is 1. The van der Waals surface area contributed by atoms with Crippen molar-refractivity contribution in [2.75, 3.05) is 26.7 Å². The molecular formula is C20H32N2O2. The van der Waals surface area contributed by atoms with Crippen molar-refractivity contribution in [3.05, 3.63) is 29.8 Å². The molecule has 1 aromatic carbocycles. The van der Waals surface area contributed by atoms with E-state index in [9.17, 15) is 4.79 Å². The van der Waals surface area contributed by atoms with E-state index >= 15 is 0 Å². The minimum Gasteiger partial charge on any atom is -0.491 e. The van der Waals surface area contributed by atoms with Crippen molar-refractivity contribution < 1.29 is 9.53 Å². The summed E-state index contributed by atoms with van der Waals surface area (Å²) in [4.78, 5) is 14.3. The second kappa shape index (κ2) is 9.67. The molecule has 0 radical (unpaired) electrons. The molecule has 0 bridgehead atoms. The summed E-state index contributed by atoms with van der Waals surface area (Å²) >= 11 is 0. The van der Waals surface area contributed by atoms with Gasteiger partial charge in [-0.1, -0.05) is 12.1 Å². The fourth-order valence-corrected chi connectivity index (χ4v) is 3.13. The molecule has 2 rings (SSSR count). The molecule has 4 heteroatoms. The summed E-state index contributed by atoms with van der Waals surface area (Å²) in [5.74, 6) is 1.69. The zero-order valence-electron chi connectivity index (χ0n) is 15.4. The molecule has 24 heavy (non-hydrogen) atoms. The largest absolute Gasteiger partial charge is 0.491 e. The summed E-state index contributed by atoms with van der Waals surface area (Å²) in [5, 5.41) is 3.07. The standard InChI is InChI=1S/C20H32N2O2/c1-16(2)24-19-8-6-17(7-9-19)5-4-12-21-20(23)15-18-10-13-22(3)14-11-18/h6-9,16,18H,4-5,10-15H2,1-3H3,(H,21,23). The lowest BCUT2D eigenvalue weighted by atomic mass is 9.93. The summed E-state index contributed by atoms with van der Waals surface area (Å²) in [6.45, 7) is 7.06. The Kier molecular flexibility index (Phi) is 7.57. The molecule has 1 saturated heterocycles. The number of nitrogens with one attached hydrogen (secondary N) is 1. The molecule has 1 heterocycles. The smallest absolute Gasteiger partial charge is 0.220 e. The van der Waals surface area contributed by atoms with Gasteiger partial charge in [0.15, 0.2) is 0 Å². The molecule has 1 aliphatic rings. The van der Waals surface area contributed by atoms with E-state index in [1.807, 2.05) is 26.0 Å². The number of rotatable bonds is 8. The van der Waals surface area contributed by atoms with Crippen LogP contribution in [0.3, 0.4) is 0 Å². The lowest BCUT2D eigenvalue weighted by Crippen LogP contribution is -2.33. The van der Waals surface area contributed by atoms with Gasteiger partial charge in [-0.05, 0) is 83.3 Å². The number of benzene rings is 1. The SMILES string of the molecule is CC(C)Oc1ccc(CCCNC(=O)CC2CCN(C)CC2)cc1. The van der Waals surface area contributed by atoms with Crippen molar-refractivity contribution in [1.29, 1.82) is 0 Å². The molecule has 4 nitrogen and oxygen atoms in total. The van der Waals surface area contributed by atoms with E-state index in [0.717, 1.165) is 51.1 Å². The van der Waals surface area contributed by atoms with Crippen molar-refractivity contribution in [2.24, 2.45) is 5.92 Å². The van der Waals surface area contributed by atoms with Gasteiger partial charge in [-0.25, -0.2) is 0 Å². The van der Waals surface area contributed by atoms with Gasteiger partial charge in [0.25, 0.3) is 0 Å². The number of likely N-dealkylation sites (tertiary alicyclic amines) is 1. The van der Waals surface area contributed by atoms with E-state index in [0.29, 0.717) is 12.3 Å². The topological polar surface area (TPSA) is 41.6 Å². The first-order chi connectivity index (χ1) is 11.5. The van der Waals surface area contributed by atoms with E-state index in [1.165, 1.54) is 5.56 Å². The van der Waals surface area contributed by atoms with Gasteiger partial charge < -0.3 is 15.0 Å². The maximum Gasteiger partial charge on any atom is 0.220 e. The van der Waals surface area contributed by atoms with Crippen LogP contribution in [0.2, 0.25) is 0 Å². The molecule has 1 aliphatic heterocycles. The normalized spacial score (nSPS) is 16.3. The van der Waals surface area contributed by atoms with E-state index in [1.54, 1.807) is 0 Å². The number of hydrogen-bond acceptors (Lipinski definition) is 3. The first kappa shape index (κ1) is 18.8. The highest BCUT2D eigenvalue weighted by molar-refractivity contribution is 5.76. The van der Waals surface area contributed by atoms with Crippen molar-refractivity contribution in [2.45, 2.75) is 52.1 Å². The van der Waals surface area contributed by atoms with Crippen LogP contribution < -0.4 is 10.1 Å². The zero-order chi connectivity index (χ0) is 17.4. The molecule has 134 valence electrons. The lowest BCUT2D eigenvalue weighted by molar-refractivity contribution is -0.122. The molecule has 0 aliphatic carbocycles. The lowest BCUT2D eigenvalue weighted by Gasteiger charge is -2.28. The van der Waals surface area contributed by atoms with E-state index in [4.69, 9.17) is 4.74 Å². The van der Waals surface area contributed by atoms with Gasteiger partial charge in [-0.3, -0.25) is 4.79 Å². The third-order valence-corrected chi connectivity index (χ3v) is 4.57. The number of carbonyl (C=O) groups is 1. The number of piperidine rings is 1. The Morgan fingerprint density at radius 2 is 1.92 bits per heavy atom. The first-order valence-corrected chi connectivity index (χ1v) is 9.24. The number of carbonyl (C=O) groups excluding carboxylic acids is 1. The fourth-order valence-electron chi connectivity index (χ4n) is 3.13. The summed E-state index contributed by atoms with van der Waals surface area (Å²) in [6.07, 6.45) is 5.15. The fraction of sp³-hybridized carbons (Fsp3) is 0.650. The molecule has 0 atom stereocenters. The van der Waals surface area contributed by atoms with Gasteiger partial charge >= 0.3 is 0 Å². The molecule has 0 unspecified atom stereocenters. The minimum atomic E-state index is 0.204. The molecule has 1 fully saturated rings. The van der Waals surface area contributed by atoms with Crippen LogP contribution in [0, 0.1) is 5.92 Å². The highest BCUT2D eigenvalue weighted by atomic mass is 16.5. The molecule has 1 amide bonds. The second-order valence-corrected chi connectivity index (χ2v) is 7.21. The zero-order valence-corrected chi connectivity index (χ0v) is 15.4. The Bertz CT molecular complexity index is 491. The summed E-state index contributed by atoms with van der Waals surface area (Å²) in [6, 6.07) is 8.26. The van der Waals surface area contributed by atoms with Crippen LogP contribution in [-0.2, 0) is 11.2 Å². The maximum absolute atomic E-state index is 12.0. The van der Waals surface area contributed by atoms with Crippen LogP contribution in [0.4, 0.5) is 0 Å².